The van der Waals surface area contributed by atoms with Crippen LogP contribution in [0, 0.1) is 12.0 Å². The fourth-order valence-corrected chi connectivity index (χ4v) is 0.535. The summed E-state index contributed by atoms with van der Waals surface area (Å²) in [6.45, 7) is 0. The molecular formula is C5HF5N2. The fraction of sp³-hybridized carbons (Fsp3) is 0.200. The van der Waals surface area contributed by atoms with Crippen molar-refractivity contribution in [2.24, 2.45) is 0 Å². The maximum Gasteiger partial charge on any atom is 0.433 e. The lowest BCUT2D eigenvalue weighted by atomic mass is 10.4. The van der Waals surface area contributed by atoms with Crippen molar-refractivity contribution in [1.29, 1.82) is 0 Å². The van der Waals surface area contributed by atoms with E-state index in [4.69, 9.17) is 0 Å². The first-order valence-corrected chi connectivity index (χ1v) is 2.67. The third-order valence-electron chi connectivity index (χ3n) is 0.958. The van der Waals surface area contributed by atoms with E-state index in [9.17, 15) is 22.0 Å². The van der Waals surface area contributed by atoms with Gasteiger partial charge in [0.05, 0.1) is 0 Å². The molecule has 0 aliphatic carbocycles. The Hall–Kier alpha value is -1.27. The molecule has 0 bridgehead atoms. The molecule has 2 nitrogen and oxygen atoms in total. The maximum atomic E-state index is 12.1. The Morgan fingerprint density at radius 1 is 1.08 bits per heavy atom. The lowest BCUT2D eigenvalue weighted by Crippen LogP contribution is -2.11. The zero-order valence-corrected chi connectivity index (χ0v) is 5.36. The van der Waals surface area contributed by atoms with Gasteiger partial charge in [-0.25, -0.2) is 0 Å². The molecule has 1 rings (SSSR count). The SMILES string of the molecule is Fc1cc(C(F)(F)F)nc(F)n1. The highest BCUT2D eigenvalue weighted by atomic mass is 19.4. The molecule has 0 spiro atoms. The summed E-state index contributed by atoms with van der Waals surface area (Å²) in [5.41, 5.74) is -1.63. The van der Waals surface area contributed by atoms with Crippen molar-refractivity contribution < 1.29 is 22.0 Å². The first kappa shape index (κ1) is 8.82. The molecule has 0 aromatic carbocycles. The van der Waals surface area contributed by atoms with Gasteiger partial charge in [-0.2, -0.15) is 31.9 Å². The van der Waals surface area contributed by atoms with E-state index >= 15 is 0 Å². The van der Waals surface area contributed by atoms with Crippen LogP contribution in [0.3, 0.4) is 0 Å². The highest BCUT2D eigenvalue weighted by Gasteiger charge is 2.33. The molecule has 0 amide bonds. The van der Waals surface area contributed by atoms with Crippen molar-refractivity contribution in [2.45, 2.75) is 6.18 Å². The zero-order valence-electron chi connectivity index (χ0n) is 5.36. The van der Waals surface area contributed by atoms with Crippen LogP contribution in [0.5, 0.6) is 0 Å². The van der Waals surface area contributed by atoms with Gasteiger partial charge in [0, 0.05) is 6.07 Å². The second-order valence-electron chi connectivity index (χ2n) is 1.84. The third kappa shape index (κ3) is 1.86. The van der Waals surface area contributed by atoms with Gasteiger partial charge in [0.1, 0.15) is 0 Å². The maximum absolute atomic E-state index is 12.1. The molecule has 7 heteroatoms. The van der Waals surface area contributed by atoms with Gasteiger partial charge < -0.3 is 0 Å². The number of halogens is 5. The minimum absolute atomic E-state index is 0.0169. The van der Waals surface area contributed by atoms with E-state index in [0.29, 0.717) is 0 Å². The molecule has 1 aromatic heterocycles. The molecule has 12 heavy (non-hydrogen) atoms. The second-order valence-corrected chi connectivity index (χ2v) is 1.84. The van der Waals surface area contributed by atoms with E-state index < -0.39 is 23.9 Å². The highest BCUT2D eigenvalue weighted by molar-refractivity contribution is 5.03. The predicted octanol–water partition coefficient (Wildman–Crippen LogP) is 1.77. The average molecular weight is 184 g/mol. The number of nitrogens with zero attached hydrogens (tertiary/aromatic N) is 2. The number of hydrogen-bond donors (Lipinski definition) is 0. The number of alkyl halides is 3. The minimum atomic E-state index is -4.86. The summed E-state index contributed by atoms with van der Waals surface area (Å²) in [6.07, 6.45) is -6.59. The van der Waals surface area contributed by atoms with Crippen LogP contribution in [-0.4, -0.2) is 9.97 Å². The molecule has 0 aliphatic heterocycles. The quantitative estimate of drug-likeness (QED) is 0.349. The molecule has 0 N–H and O–H groups in total. The summed E-state index contributed by atoms with van der Waals surface area (Å²) in [4.78, 5) is 4.77. The first-order chi connectivity index (χ1) is 5.39. The monoisotopic (exact) mass is 184 g/mol. The molecule has 0 aliphatic rings. The highest BCUT2D eigenvalue weighted by Crippen LogP contribution is 2.27. The Bertz CT molecular complexity index is 274. The van der Waals surface area contributed by atoms with Gasteiger partial charge in [-0.1, -0.05) is 0 Å². The van der Waals surface area contributed by atoms with Crippen molar-refractivity contribution >= 4 is 0 Å². The fourth-order valence-electron chi connectivity index (χ4n) is 0.535. The summed E-state index contributed by atoms with van der Waals surface area (Å²) in [5, 5.41) is 0. The smallest absolute Gasteiger partial charge is 0.197 e. The third-order valence-corrected chi connectivity index (χ3v) is 0.958. The lowest BCUT2D eigenvalue weighted by molar-refractivity contribution is -0.142. The summed E-state index contributed by atoms with van der Waals surface area (Å²) in [6, 6.07) is 0.0169. The van der Waals surface area contributed by atoms with Crippen molar-refractivity contribution in [2.75, 3.05) is 0 Å². The Morgan fingerprint density at radius 3 is 2.08 bits per heavy atom. The Labute approximate surface area is 63.1 Å². The van der Waals surface area contributed by atoms with E-state index in [1.807, 2.05) is 0 Å². The number of hydrogen-bond acceptors (Lipinski definition) is 2. The molecule has 66 valence electrons. The van der Waals surface area contributed by atoms with Crippen molar-refractivity contribution in [3.8, 4) is 0 Å². The molecule has 0 radical (unpaired) electrons. The van der Waals surface area contributed by atoms with Crippen LogP contribution < -0.4 is 0 Å². The Morgan fingerprint density at radius 2 is 1.67 bits per heavy atom. The molecule has 0 atom stereocenters. The summed E-state index contributed by atoms with van der Waals surface area (Å²) >= 11 is 0. The van der Waals surface area contributed by atoms with Gasteiger partial charge in [0.2, 0.25) is 5.95 Å². The summed E-state index contributed by atoms with van der Waals surface area (Å²) in [7, 11) is 0. The number of rotatable bonds is 0. The van der Waals surface area contributed by atoms with Gasteiger partial charge in [0.25, 0.3) is 0 Å². The van der Waals surface area contributed by atoms with Gasteiger partial charge in [-0.3, -0.25) is 0 Å². The first-order valence-electron chi connectivity index (χ1n) is 2.67. The van der Waals surface area contributed by atoms with Crippen LogP contribution in [0.15, 0.2) is 6.07 Å². The van der Waals surface area contributed by atoms with E-state index in [0.717, 1.165) is 0 Å². The topological polar surface area (TPSA) is 25.8 Å². The largest absolute Gasteiger partial charge is 0.433 e. The normalized spacial score (nSPS) is 11.8. The van der Waals surface area contributed by atoms with Gasteiger partial charge in [-0.05, 0) is 0 Å². The van der Waals surface area contributed by atoms with Crippen molar-refractivity contribution in [3.05, 3.63) is 23.8 Å². The van der Waals surface area contributed by atoms with E-state index in [2.05, 4.69) is 9.97 Å². The molecule has 1 aromatic rings. The zero-order chi connectivity index (χ0) is 9.35. The molecule has 0 saturated carbocycles. The molecule has 0 unspecified atom stereocenters. The second kappa shape index (κ2) is 2.65. The predicted molar refractivity (Wildman–Crippen MR) is 26.9 cm³/mol. The Kier molecular flexibility index (Phi) is 1.95. The Balaban J connectivity index is 3.18. The van der Waals surface area contributed by atoms with Gasteiger partial charge in [-0.15, -0.1) is 0 Å². The van der Waals surface area contributed by atoms with Crippen LogP contribution >= 0.6 is 0 Å². The van der Waals surface area contributed by atoms with Gasteiger partial charge in [0.15, 0.2) is 5.69 Å². The van der Waals surface area contributed by atoms with E-state index in [-0.39, 0.29) is 6.07 Å². The average Bonchev–Trinajstić information content (AvgIpc) is 1.82. The van der Waals surface area contributed by atoms with Crippen LogP contribution in [0.2, 0.25) is 0 Å². The van der Waals surface area contributed by atoms with E-state index in [1.54, 1.807) is 0 Å². The molecular weight excluding hydrogens is 183 g/mol. The standard InChI is InChI=1S/C5HF5N2/c6-3-1-2(5(8,9)10)11-4(7)12-3/h1H. The molecule has 0 fully saturated rings. The molecule has 1 heterocycles. The van der Waals surface area contributed by atoms with Gasteiger partial charge >= 0.3 is 12.3 Å². The van der Waals surface area contributed by atoms with Crippen molar-refractivity contribution in [1.82, 2.24) is 9.97 Å². The summed E-state index contributed by atoms with van der Waals surface area (Å²) < 4.78 is 59.2. The summed E-state index contributed by atoms with van der Waals surface area (Å²) in [5.74, 6) is -1.55. The van der Waals surface area contributed by atoms with E-state index in [1.165, 1.54) is 0 Å². The van der Waals surface area contributed by atoms with Crippen molar-refractivity contribution in [3.63, 3.8) is 0 Å². The van der Waals surface area contributed by atoms with Crippen LogP contribution in [0.4, 0.5) is 22.0 Å². The number of aromatic nitrogens is 2. The van der Waals surface area contributed by atoms with Crippen LogP contribution in [0.25, 0.3) is 0 Å². The molecule has 0 saturated heterocycles. The van der Waals surface area contributed by atoms with Crippen LogP contribution in [-0.2, 0) is 6.18 Å². The van der Waals surface area contributed by atoms with Crippen LogP contribution in [0.1, 0.15) is 5.69 Å². The minimum Gasteiger partial charge on any atom is -0.197 e. The lowest BCUT2D eigenvalue weighted by Gasteiger charge is -2.03.